The fraction of sp³-hybridized carbons (Fsp3) is 0.105. The van der Waals surface area contributed by atoms with E-state index in [0.717, 1.165) is 28.5 Å². The summed E-state index contributed by atoms with van der Waals surface area (Å²) in [6.45, 7) is 0. The van der Waals surface area contributed by atoms with Gasteiger partial charge in [-0.15, -0.1) is 0 Å². The zero-order valence-corrected chi connectivity index (χ0v) is 14.6. The van der Waals surface area contributed by atoms with Crippen LogP contribution < -0.4 is 4.74 Å². The minimum absolute atomic E-state index is 0.191. The lowest BCUT2D eigenvalue weighted by molar-refractivity contribution is 0.104. The predicted molar refractivity (Wildman–Crippen MR) is 97.8 cm³/mol. The number of aromatic amines is 1. The maximum absolute atomic E-state index is 12.3. The van der Waals surface area contributed by atoms with Crippen LogP contribution in [0.15, 0.2) is 59.6 Å². The standard InChI is InChI=1S/C19H17NO4S/c1-24-15-6-9-18-17(11-15)14(12-20-18)5-10-19(21)13-3-7-16(8-4-13)25(2,22)23/h3-12,20H,1-2H3/b10-5+. The fourth-order valence-corrected chi connectivity index (χ4v) is 3.14. The molecule has 3 aromatic rings. The van der Waals surface area contributed by atoms with E-state index in [4.69, 9.17) is 4.74 Å². The van der Waals surface area contributed by atoms with Crippen LogP contribution in [0.5, 0.6) is 5.75 Å². The minimum atomic E-state index is -3.27. The van der Waals surface area contributed by atoms with Crippen LogP contribution in [0, 0.1) is 0 Å². The predicted octanol–water partition coefficient (Wildman–Crippen LogP) is 3.48. The lowest BCUT2D eigenvalue weighted by Crippen LogP contribution is -1.99. The Morgan fingerprint density at radius 2 is 1.84 bits per heavy atom. The molecule has 1 aromatic heterocycles. The molecule has 0 unspecified atom stereocenters. The van der Waals surface area contributed by atoms with Crippen LogP contribution in [0.3, 0.4) is 0 Å². The van der Waals surface area contributed by atoms with Gasteiger partial charge in [-0.2, -0.15) is 0 Å². The highest BCUT2D eigenvalue weighted by atomic mass is 32.2. The first-order valence-electron chi connectivity index (χ1n) is 7.56. The van der Waals surface area contributed by atoms with Crippen molar-refractivity contribution in [3.05, 3.63) is 65.9 Å². The first-order chi connectivity index (χ1) is 11.9. The van der Waals surface area contributed by atoms with Crippen molar-refractivity contribution in [2.24, 2.45) is 0 Å². The number of nitrogens with one attached hydrogen (secondary N) is 1. The molecule has 2 aromatic carbocycles. The molecule has 0 radical (unpaired) electrons. The van der Waals surface area contributed by atoms with Gasteiger partial charge in [0.25, 0.3) is 0 Å². The zero-order valence-electron chi connectivity index (χ0n) is 13.8. The van der Waals surface area contributed by atoms with Gasteiger partial charge in [-0.3, -0.25) is 4.79 Å². The van der Waals surface area contributed by atoms with Crippen molar-refractivity contribution in [3.63, 3.8) is 0 Å². The summed E-state index contributed by atoms with van der Waals surface area (Å²) < 4.78 is 28.1. The number of methoxy groups -OCH3 is 1. The fourth-order valence-electron chi connectivity index (χ4n) is 2.51. The van der Waals surface area contributed by atoms with Gasteiger partial charge in [0.05, 0.1) is 12.0 Å². The Morgan fingerprint density at radius 3 is 2.48 bits per heavy atom. The number of benzene rings is 2. The summed E-state index contributed by atoms with van der Waals surface area (Å²) in [5.41, 5.74) is 2.25. The van der Waals surface area contributed by atoms with Crippen LogP contribution in [0.25, 0.3) is 17.0 Å². The second kappa shape index (κ2) is 6.57. The molecule has 0 aliphatic rings. The molecule has 0 atom stereocenters. The van der Waals surface area contributed by atoms with Gasteiger partial charge in [0.2, 0.25) is 0 Å². The number of carbonyl (C=O) groups excluding carboxylic acids is 1. The van der Waals surface area contributed by atoms with Gasteiger partial charge in [0.15, 0.2) is 15.6 Å². The van der Waals surface area contributed by atoms with E-state index >= 15 is 0 Å². The Bertz CT molecular complexity index is 1060. The molecule has 0 aliphatic carbocycles. The molecular weight excluding hydrogens is 338 g/mol. The molecule has 0 amide bonds. The third kappa shape index (κ3) is 3.64. The Balaban J connectivity index is 1.85. The van der Waals surface area contributed by atoms with Crippen molar-refractivity contribution in [1.29, 1.82) is 0 Å². The third-order valence-corrected chi connectivity index (χ3v) is 5.03. The average molecular weight is 355 g/mol. The second-order valence-electron chi connectivity index (χ2n) is 5.65. The number of ketones is 1. The largest absolute Gasteiger partial charge is 0.497 e. The van der Waals surface area contributed by atoms with Crippen molar-refractivity contribution in [3.8, 4) is 5.75 Å². The van der Waals surface area contributed by atoms with E-state index in [-0.39, 0.29) is 10.7 Å². The molecule has 3 rings (SSSR count). The molecule has 128 valence electrons. The number of hydrogen-bond donors (Lipinski definition) is 1. The summed E-state index contributed by atoms with van der Waals surface area (Å²) in [6, 6.07) is 11.6. The molecular formula is C19H17NO4S. The molecule has 1 N–H and O–H groups in total. The van der Waals surface area contributed by atoms with Crippen molar-refractivity contribution in [1.82, 2.24) is 4.98 Å². The number of hydrogen-bond acceptors (Lipinski definition) is 4. The van der Waals surface area contributed by atoms with E-state index in [1.165, 1.54) is 30.3 Å². The summed E-state index contributed by atoms with van der Waals surface area (Å²) in [4.78, 5) is 15.6. The molecule has 25 heavy (non-hydrogen) atoms. The maximum atomic E-state index is 12.3. The SMILES string of the molecule is COc1ccc2[nH]cc(/C=C/C(=O)c3ccc(S(C)(=O)=O)cc3)c2c1. The highest BCUT2D eigenvalue weighted by Crippen LogP contribution is 2.24. The van der Waals surface area contributed by atoms with Crippen LogP contribution in [0.4, 0.5) is 0 Å². The van der Waals surface area contributed by atoms with Gasteiger partial charge in [0, 0.05) is 34.5 Å². The number of sulfone groups is 1. The number of rotatable bonds is 5. The first kappa shape index (κ1) is 17.0. The van der Waals surface area contributed by atoms with Crippen molar-refractivity contribution in [2.45, 2.75) is 4.90 Å². The molecule has 5 nitrogen and oxygen atoms in total. The lowest BCUT2D eigenvalue weighted by atomic mass is 10.1. The molecule has 0 fully saturated rings. The highest BCUT2D eigenvalue weighted by Gasteiger charge is 2.09. The summed E-state index contributed by atoms with van der Waals surface area (Å²) in [6.07, 6.45) is 6.15. The Labute approximate surface area is 145 Å². The molecule has 1 heterocycles. The van der Waals surface area contributed by atoms with E-state index in [1.54, 1.807) is 13.2 Å². The quantitative estimate of drug-likeness (QED) is 0.561. The lowest BCUT2D eigenvalue weighted by Gasteiger charge is -2.00. The smallest absolute Gasteiger partial charge is 0.185 e. The van der Waals surface area contributed by atoms with E-state index in [0.29, 0.717) is 5.56 Å². The van der Waals surface area contributed by atoms with Crippen molar-refractivity contribution < 1.29 is 17.9 Å². The number of allylic oxidation sites excluding steroid dienone is 1. The summed E-state index contributed by atoms with van der Waals surface area (Å²) >= 11 is 0. The van der Waals surface area contributed by atoms with Crippen LogP contribution in [-0.4, -0.2) is 32.6 Å². The van der Waals surface area contributed by atoms with Gasteiger partial charge >= 0.3 is 0 Å². The monoisotopic (exact) mass is 355 g/mol. The van der Waals surface area contributed by atoms with Gasteiger partial charge in [0.1, 0.15) is 5.75 Å². The van der Waals surface area contributed by atoms with Gasteiger partial charge in [-0.1, -0.05) is 0 Å². The minimum Gasteiger partial charge on any atom is -0.497 e. The van der Waals surface area contributed by atoms with Crippen LogP contribution >= 0.6 is 0 Å². The van der Waals surface area contributed by atoms with E-state index in [9.17, 15) is 13.2 Å². The molecule has 6 heteroatoms. The maximum Gasteiger partial charge on any atom is 0.185 e. The first-order valence-corrected chi connectivity index (χ1v) is 9.45. The summed E-state index contributed by atoms with van der Waals surface area (Å²) in [7, 11) is -1.67. The van der Waals surface area contributed by atoms with Gasteiger partial charge in [-0.05, 0) is 54.6 Å². The second-order valence-corrected chi connectivity index (χ2v) is 7.67. The molecule has 0 saturated carbocycles. The number of aromatic nitrogens is 1. The molecule has 0 aliphatic heterocycles. The molecule has 0 bridgehead atoms. The topological polar surface area (TPSA) is 76.2 Å². The van der Waals surface area contributed by atoms with E-state index < -0.39 is 9.84 Å². The Hall–Kier alpha value is -2.86. The Morgan fingerprint density at radius 1 is 1.12 bits per heavy atom. The number of ether oxygens (including phenoxy) is 1. The Kier molecular flexibility index (Phi) is 4.46. The number of H-pyrrole nitrogens is 1. The van der Waals surface area contributed by atoms with Crippen LogP contribution in [-0.2, 0) is 9.84 Å². The van der Waals surface area contributed by atoms with Crippen LogP contribution in [0.1, 0.15) is 15.9 Å². The van der Waals surface area contributed by atoms with E-state index in [2.05, 4.69) is 4.98 Å². The molecule has 0 spiro atoms. The normalized spacial score (nSPS) is 11.9. The summed E-state index contributed by atoms with van der Waals surface area (Å²) in [5, 5.41) is 0.954. The van der Waals surface area contributed by atoms with Crippen LogP contribution in [0.2, 0.25) is 0 Å². The number of fused-ring (bicyclic) bond motifs is 1. The van der Waals surface area contributed by atoms with Crippen molar-refractivity contribution in [2.75, 3.05) is 13.4 Å². The molecule has 0 saturated heterocycles. The number of carbonyl (C=O) groups is 1. The summed E-state index contributed by atoms with van der Waals surface area (Å²) in [5.74, 6) is 0.543. The van der Waals surface area contributed by atoms with E-state index in [1.807, 2.05) is 24.4 Å². The van der Waals surface area contributed by atoms with Crippen molar-refractivity contribution >= 4 is 32.6 Å². The van der Waals surface area contributed by atoms with Gasteiger partial charge < -0.3 is 9.72 Å². The average Bonchev–Trinajstić information content (AvgIpc) is 3.01. The highest BCUT2D eigenvalue weighted by molar-refractivity contribution is 7.90. The third-order valence-electron chi connectivity index (χ3n) is 3.90. The van der Waals surface area contributed by atoms with Gasteiger partial charge in [-0.25, -0.2) is 8.42 Å². The zero-order chi connectivity index (χ0) is 18.0.